The van der Waals surface area contributed by atoms with E-state index in [0.717, 1.165) is 21.5 Å². The van der Waals surface area contributed by atoms with E-state index in [0.29, 0.717) is 5.69 Å². The Morgan fingerprint density at radius 2 is 1.64 bits per heavy atom. The van der Waals surface area contributed by atoms with Gasteiger partial charge in [-0.3, -0.25) is 19.2 Å². The lowest BCUT2D eigenvalue weighted by Crippen LogP contribution is -2.54. The molecule has 1 aromatic carbocycles. The summed E-state index contributed by atoms with van der Waals surface area (Å²) in [5, 5.41) is 1.97. The molecule has 8 heteroatoms. The molecule has 0 N–H and O–H groups in total. The molecule has 1 unspecified atom stereocenters. The third kappa shape index (κ3) is 2.59. The van der Waals surface area contributed by atoms with E-state index in [4.69, 9.17) is 14.3 Å². The number of benzene rings is 1. The van der Waals surface area contributed by atoms with Crippen molar-refractivity contribution in [1.82, 2.24) is 9.63 Å². The summed E-state index contributed by atoms with van der Waals surface area (Å²) in [5.41, 5.74) is 1.34. The van der Waals surface area contributed by atoms with Crippen molar-refractivity contribution in [3.05, 3.63) is 35.5 Å². The number of rotatable bonds is 4. The minimum atomic E-state index is -1.39. The number of carbonyl (C=O) groups is 3. The molecule has 150 valence electrons. The fraction of sp³-hybridized carbons (Fsp3) is 0.450. The summed E-state index contributed by atoms with van der Waals surface area (Å²) in [6.07, 6.45) is 0. The van der Waals surface area contributed by atoms with Gasteiger partial charge >= 0.3 is 11.9 Å². The highest BCUT2D eigenvalue weighted by Gasteiger charge is 2.54. The van der Waals surface area contributed by atoms with Crippen LogP contribution in [0.1, 0.15) is 31.1 Å². The topological polar surface area (TPSA) is 87.1 Å². The van der Waals surface area contributed by atoms with Crippen molar-refractivity contribution in [2.75, 3.05) is 21.3 Å². The van der Waals surface area contributed by atoms with E-state index < -0.39 is 29.3 Å². The first-order chi connectivity index (χ1) is 13.2. The van der Waals surface area contributed by atoms with Crippen LogP contribution >= 0.6 is 0 Å². The normalized spacial score (nSPS) is 18.3. The number of para-hydroxylation sites is 1. The third-order valence-corrected chi connectivity index (χ3v) is 5.47. The fourth-order valence-electron chi connectivity index (χ4n) is 4.13. The number of hydrogen-bond acceptors (Lipinski definition) is 6. The Labute approximate surface area is 162 Å². The van der Waals surface area contributed by atoms with Gasteiger partial charge in [-0.25, -0.2) is 5.06 Å². The number of hydroxylamine groups is 2. The first-order valence-electron chi connectivity index (χ1n) is 8.83. The van der Waals surface area contributed by atoms with Gasteiger partial charge in [-0.05, 0) is 25.5 Å². The van der Waals surface area contributed by atoms with E-state index in [1.807, 2.05) is 35.9 Å². The maximum atomic E-state index is 13.3. The Hall–Kier alpha value is -2.87. The summed E-state index contributed by atoms with van der Waals surface area (Å²) in [6.45, 7) is 3.60. The molecular formula is C20H24N2O6. The van der Waals surface area contributed by atoms with Crippen molar-refractivity contribution in [2.45, 2.75) is 25.3 Å². The minimum Gasteiger partial charge on any atom is -0.468 e. The number of nitrogens with zero attached hydrogens (tertiary/aromatic N) is 2. The van der Waals surface area contributed by atoms with E-state index in [-0.39, 0.29) is 5.91 Å². The molecule has 0 aliphatic carbocycles. The number of amides is 1. The zero-order valence-electron chi connectivity index (χ0n) is 16.8. The highest BCUT2D eigenvalue weighted by atomic mass is 16.7. The molecule has 0 bridgehead atoms. The summed E-state index contributed by atoms with van der Waals surface area (Å²) >= 11 is 0. The molecule has 1 aliphatic heterocycles. The molecule has 28 heavy (non-hydrogen) atoms. The van der Waals surface area contributed by atoms with Crippen LogP contribution in [-0.4, -0.2) is 48.8 Å². The van der Waals surface area contributed by atoms with Gasteiger partial charge in [0.2, 0.25) is 0 Å². The van der Waals surface area contributed by atoms with Crippen molar-refractivity contribution in [2.24, 2.45) is 13.0 Å². The Kier molecular flexibility index (Phi) is 4.93. The van der Waals surface area contributed by atoms with E-state index in [2.05, 4.69) is 0 Å². The van der Waals surface area contributed by atoms with Crippen molar-refractivity contribution in [1.29, 1.82) is 0 Å². The molecule has 0 saturated carbocycles. The van der Waals surface area contributed by atoms with Gasteiger partial charge in [0.25, 0.3) is 5.91 Å². The third-order valence-electron chi connectivity index (χ3n) is 5.47. The maximum Gasteiger partial charge on any atom is 0.322 e. The van der Waals surface area contributed by atoms with Crippen LogP contribution in [0.4, 0.5) is 0 Å². The maximum absolute atomic E-state index is 13.3. The van der Waals surface area contributed by atoms with Crippen molar-refractivity contribution in [3.63, 3.8) is 0 Å². The van der Waals surface area contributed by atoms with Gasteiger partial charge in [0, 0.05) is 23.6 Å². The van der Waals surface area contributed by atoms with Gasteiger partial charge in [-0.1, -0.05) is 18.2 Å². The van der Waals surface area contributed by atoms with E-state index in [1.54, 1.807) is 13.8 Å². The SMILES string of the molecule is COC(=O)C(C(=O)OC)C1c2c(c3ccccc3n2C)C(C)(C)C(=O)N1OC. The van der Waals surface area contributed by atoms with Crippen molar-refractivity contribution in [3.8, 4) is 0 Å². The molecule has 1 atom stereocenters. The molecule has 3 rings (SSSR count). The lowest BCUT2D eigenvalue weighted by molar-refractivity contribution is -0.210. The van der Waals surface area contributed by atoms with Gasteiger partial charge in [0.1, 0.15) is 6.04 Å². The number of hydrogen-bond donors (Lipinski definition) is 0. The largest absolute Gasteiger partial charge is 0.468 e. The smallest absolute Gasteiger partial charge is 0.322 e. The summed E-state index contributed by atoms with van der Waals surface area (Å²) in [6, 6.07) is 6.60. The van der Waals surface area contributed by atoms with E-state index in [9.17, 15) is 14.4 Å². The molecule has 0 fully saturated rings. The quantitative estimate of drug-likeness (QED) is 0.587. The van der Waals surface area contributed by atoms with Crippen LogP contribution in [0, 0.1) is 5.92 Å². The second kappa shape index (κ2) is 6.94. The molecule has 1 aromatic heterocycles. The zero-order chi connectivity index (χ0) is 20.8. The van der Waals surface area contributed by atoms with Crippen LogP contribution in [0.15, 0.2) is 24.3 Å². The van der Waals surface area contributed by atoms with Gasteiger partial charge in [-0.2, -0.15) is 0 Å². The molecule has 1 amide bonds. The number of ether oxygens (including phenoxy) is 2. The summed E-state index contributed by atoms with van der Waals surface area (Å²) in [4.78, 5) is 43.8. The second-order valence-electron chi connectivity index (χ2n) is 7.24. The van der Waals surface area contributed by atoms with E-state index >= 15 is 0 Å². The van der Waals surface area contributed by atoms with Crippen LogP contribution in [-0.2, 0) is 41.2 Å². The first-order valence-corrected chi connectivity index (χ1v) is 8.83. The number of carbonyl (C=O) groups excluding carboxylic acids is 3. The zero-order valence-corrected chi connectivity index (χ0v) is 16.8. The van der Waals surface area contributed by atoms with E-state index in [1.165, 1.54) is 21.3 Å². The number of methoxy groups -OCH3 is 2. The fourth-order valence-corrected chi connectivity index (χ4v) is 4.13. The highest BCUT2D eigenvalue weighted by Crippen LogP contribution is 2.48. The molecule has 0 saturated heterocycles. The Morgan fingerprint density at radius 1 is 1.07 bits per heavy atom. The summed E-state index contributed by atoms with van der Waals surface area (Å²) < 4.78 is 11.6. The number of esters is 2. The Balaban J connectivity index is 2.41. The van der Waals surface area contributed by atoms with Crippen LogP contribution in [0.2, 0.25) is 0 Å². The lowest BCUT2D eigenvalue weighted by Gasteiger charge is -2.43. The summed E-state index contributed by atoms with van der Waals surface area (Å²) in [7, 11) is 5.54. The monoisotopic (exact) mass is 388 g/mol. The molecule has 2 aromatic rings. The molecule has 2 heterocycles. The first kappa shape index (κ1) is 19.9. The number of aromatic nitrogens is 1. The van der Waals surface area contributed by atoms with Crippen LogP contribution in [0.3, 0.4) is 0 Å². The van der Waals surface area contributed by atoms with Crippen LogP contribution in [0.25, 0.3) is 10.9 Å². The van der Waals surface area contributed by atoms with Crippen LogP contribution in [0.5, 0.6) is 0 Å². The molecule has 0 spiro atoms. The number of fused-ring (bicyclic) bond motifs is 3. The standard InChI is InChI=1S/C20H24N2O6/c1-20(2)14-11-9-7-8-10-12(11)21(3)16(14)15(22(28-6)19(20)25)13(17(23)26-4)18(24)27-5/h7-10,13,15H,1-6H3. The molecule has 1 aliphatic rings. The summed E-state index contributed by atoms with van der Waals surface area (Å²) in [5.74, 6) is -3.36. The Morgan fingerprint density at radius 3 is 2.18 bits per heavy atom. The molecular weight excluding hydrogens is 364 g/mol. The van der Waals surface area contributed by atoms with Gasteiger partial charge in [-0.15, -0.1) is 0 Å². The molecule has 0 radical (unpaired) electrons. The average molecular weight is 388 g/mol. The predicted molar refractivity (Wildman–Crippen MR) is 100 cm³/mol. The van der Waals surface area contributed by atoms with Crippen molar-refractivity contribution >= 4 is 28.7 Å². The molecule has 8 nitrogen and oxygen atoms in total. The predicted octanol–water partition coefficient (Wildman–Crippen LogP) is 1.86. The van der Waals surface area contributed by atoms with Gasteiger partial charge in [0.05, 0.1) is 26.7 Å². The second-order valence-corrected chi connectivity index (χ2v) is 7.24. The average Bonchev–Trinajstić information content (AvgIpc) is 2.99. The highest BCUT2D eigenvalue weighted by molar-refractivity contribution is 6.01. The van der Waals surface area contributed by atoms with Crippen LogP contribution < -0.4 is 0 Å². The van der Waals surface area contributed by atoms with Gasteiger partial charge in [0.15, 0.2) is 5.92 Å². The number of aryl methyl sites for hydroxylation is 1. The van der Waals surface area contributed by atoms with Gasteiger partial charge < -0.3 is 14.0 Å². The Bertz CT molecular complexity index is 945. The lowest BCUT2D eigenvalue weighted by atomic mass is 9.75. The van der Waals surface area contributed by atoms with Crippen molar-refractivity contribution < 1.29 is 28.7 Å². The minimum absolute atomic E-state index is 0.360.